The minimum Gasteiger partial charge on any atom is -0.349 e. The summed E-state index contributed by atoms with van der Waals surface area (Å²) < 4.78 is 1.84. The number of carbonyl (C=O) groups is 2. The van der Waals surface area contributed by atoms with E-state index in [9.17, 15) is 9.59 Å². The molecule has 1 heterocycles. The van der Waals surface area contributed by atoms with E-state index in [1.165, 1.54) is 6.92 Å². The summed E-state index contributed by atoms with van der Waals surface area (Å²) in [5.74, 6) is 0.330. The van der Waals surface area contributed by atoms with Gasteiger partial charge in [-0.1, -0.05) is 42.5 Å². The second kappa shape index (κ2) is 8.22. The molecule has 0 spiro atoms. The van der Waals surface area contributed by atoms with Crippen LogP contribution in [0.1, 0.15) is 43.8 Å². The van der Waals surface area contributed by atoms with Crippen LogP contribution in [0.2, 0.25) is 0 Å². The number of benzene rings is 2. The molecule has 3 aromatic rings. The molecule has 1 aromatic heterocycles. The van der Waals surface area contributed by atoms with Crippen molar-refractivity contribution in [3.63, 3.8) is 0 Å². The Bertz CT molecular complexity index is 1010. The van der Waals surface area contributed by atoms with Gasteiger partial charge in [-0.05, 0) is 41.0 Å². The quantitative estimate of drug-likeness (QED) is 0.646. The Balaban J connectivity index is 1.47. The van der Waals surface area contributed by atoms with Crippen molar-refractivity contribution in [3.05, 3.63) is 60.2 Å². The maximum Gasteiger partial charge on any atom is 0.226 e. The van der Waals surface area contributed by atoms with Gasteiger partial charge in [-0.3, -0.25) is 9.59 Å². The normalized spacial score (nSPS) is 14.2. The van der Waals surface area contributed by atoms with Gasteiger partial charge in [0.15, 0.2) is 5.82 Å². The summed E-state index contributed by atoms with van der Waals surface area (Å²) in [6.07, 6.45) is 2.30. The lowest BCUT2D eigenvalue weighted by Gasteiger charge is -2.18. The molecule has 0 aliphatic heterocycles. The molecule has 2 aromatic carbocycles. The highest BCUT2D eigenvalue weighted by atomic mass is 16.2. The number of aromatic nitrogens is 4. The lowest BCUT2D eigenvalue weighted by Crippen LogP contribution is -2.29. The number of amides is 2. The van der Waals surface area contributed by atoms with Crippen molar-refractivity contribution in [2.75, 3.05) is 5.32 Å². The summed E-state index contributed by atoms with van der Waals surface area (Å²) in [6, 6.07) is 16.9. The van der Waals surface area contributed by atoms with E-state index in [-0.39, 0.29) is 24.3 Å². The van der Waals surface area contributed by atoms with Gasteiger partial charge in [0.2, 0.25) is 11.8 Å². The lowest BCUT2D eigenvalue weighted by molar-refractivity contribution is -0.120. The third-order valence-electron chi connectivity index (χ3n) is 4.76. The number of hydrogen-bond donors (Lipinski definition) is 2. The van der Waals surface area contributed by atoms with E-state index < -0.39 is 0 Å². The van der Waals surface area contributed by atoms with Gasteiger partial charge in [0.1, 0.15) is 0 Å². The summed E-state index contributed by atoms with van der Waals surface area (Å²) in [5, 5.41) is 17.7. The van der Waals surface area contributed by atoms with Gasteiger partial charge in [-0.2, -0.15) is 0 Å². The van der Waals surface area contributed by atoms with E-state index in [0.29, 0.717) is 17.6 Å². The molecule has 1 aliphatic rings. The maximum atomic E-state index is 12.7. The molecule has 1 saturated carbocycles. The zero-order chi connectivity index (χ0) is 20.2. The Morgan fingerprint density at radius 2 is 1.93 bits per heavy atom. The summed E-state index contributed by atoms with van der Waals surface area (Å²) >= 11 is 0. The van der Waals surface area contributed by atoms with Gasteiger partial charge in [0.25, 0.3) is 0 Å². The smallest absolute Gasteiger partial charge is 0.226 e. The third kappa shape index (κ3) is 4.66. The van der Waals surface area contributed by atoms with E-state index in [2.05, 4.69) is 26.2 Å². The Morgan fingerprint density at radius 1 is 1.14 bits per heavy atom. The average molecular weight is 390 g/mol. The SMILES string of the molecule is CC(=O)NC(CC(=O)Nc1cccc(-c2nnnn2C2CC2)c1)c1ccccc1. The van der Waals surface area contributed by atoms with Crippen LogP contribution in [0.4, 0.5) is 5.69 Å². The van der Waals surface area contributed by atoms with E-state index in [1.54, 1.807) is 0 Å². The Morgan fingerprint density at radius 3 is 2.66 bits per heavy atom. The van der Waals surface area contributed by atoms with Crippen molar-refractivity contribution in [1.82, 2.24) is 25.5 Å². The first-order valence-corrected chi connectivity index (χ1v) is 9.60. The van der Waals surface area contributed by atoms with Crippen molar-refractivity contribution in [3.8, 4) is 11.4 Å². The number of hydrogen-bond acceptors (Lipinski definition) is 5. The topological polar surface area (TPSA) is 102 Å². The zero-order valence-corrected chi connectivity index (χ0v) is 16.1. The molecule has 29 heavy (non-hydrogen) atoms. The first-order chi connectivity index (χ1) is 14.1. The predicted molar refractivity (Wildman–Crippen MR) is 108 cm³/mol. The van der Waals surface area contributed by atoms with E-state index in [1.807, 2.05) is 59.3 Å². The van der Waals surface area contributed by atoms with Gasteiger partial charge in [0, 0.05) is 18.2 Å². The fourth-order valence-corrected chi connectivity index (χ4v) is 3.27. The number of anilines is 1. The van der Waals surface area contributed by atoms with Crippen LogP contribution in [-0.4, -0.2) is 32.0 Å². The first kappa shape index (κ1) is 18.8. The van der Waals surface area contributed by atoms with Crippen LogP contribution in [0.15, 0.2) is 54.6 Å². The highest BCUT2D eigenvalue weighted by Crippen LogP contribution is 2.36. The van der Waals surface area contributed by atoms with Crippen LogP contribution >= 0.6 is 0 Å². The molecular formula is C21H22N6O2. The van der Waals surface area contributed by atoms with Crippen molar-refractivity contribution in [2.24, 2.45) is 0 Å². The Labute approximate surface area is 168 Å². The molecule has 1 fully saturated rings. The standard InChI is InChI=1S/C21H22N6O2/c1-14(28)22-19(15-6-3-2-4-7-15)13-20(29)23-17-9-5-8-16(12-17)21-24-25-26-27(21)18-10-11-18/h2-9,12,18-19H,10-11,13H2,1H3,(H,22,28)(H,23,29). The minimum absolute atomic E-state index is 0.133. The van der Waals surface area contributed by atoms with Gasteiger partial charge in [-0.15, -0.1) is 5.10 Å². The maximum absolute atomic E-state index is 12.7. The molecule has 148 valence electrons. The number of nitrogens with zero attached hydrogens (tertiary/aromatic N) is 4. The highest BCUT2D eigenvalue weighted by Gasteiger charge is 2.28. The molecule has 1 atom stereocenters. The molecule has 8 heteroatoms. The van der Waals surface area contributed by atoms with Crippen molar-refractivity contribution in [2.45, 2.75) is 38.3 Å². The van der Waals surface area contributed by atoms with Crippen LogP contribution < -0.4 is 10.6 Å². The van der Waals surface area contributed by atoms with Gasteiger partial charge in [0.05, 0.1) is 18.5 Å². The second-order valence-corrected chi connectivity index (χ2v) is 7.18. The number of nitrogens with one attached hydrogen (secondary N) is 2. The molecule has 2 amide bonds. The highest BCUT2D eigenvalue weighted by molar-refractivity contribution is 5.92. The van der Waals surface area contributed by atoms with E-state index >= 15 is 0 Å². The second-order valence-electron chi connectivity index (χ2n) is 7.18. The predicted octanol–water partition coefficient (Wildman–Crippen LogP) is 2.88. The largest absolute Gasteiger partial charge is 0.349 e. The average Bonchev–Trinajstić information content (AvgIpc) is 3.44. The number of tetrazole rings is 1. The van der Waals surface area contributed by atoms with Crippen LogP contribution in [0, 0.1) is 0 Å². The van der Waals surface area contributed by atoms with Crippen LogP contribution in [-0.2, 0) is 9.59 Å². The lowest BCUT2D eigenvalue weighted by atomic mass is 10.0. The van der Waals surface area contributed by atoms with Gasteiger partial charge >= 0.3 is 0 Å². The fraction of sp³-hybridized carbons (Fsp3) is 0.286. The molecule has 4 rings (SSSR count). The molecule has 1 unspecified atom stereocenters. The number of rotatable bonds is 7. The van der Waals surface area contributed by atoms with Crippen molar-refractivity contribution < 1.29 is 9.59 Å². The molecule has 2 N–H and O–H groups in total. The summed E-state index contributed by atoms with van der Waals surface area (Å²) in [7, 11) is 0. The summed E-state index contributed by atoms with van der Waals surface area (Å²) in [4.78, 5) is 24.2. The molecule has 0 bridgehead atoms. The van der Waals surface area contributed by atoms with Crippen LogP contribution in [0.5, 0.6) is 0 Å². The van der Waals surface area contributed by atoms with E-state index in [4.69, 9.17) is 0 Å². The first-order valence-electron chi connectivity index (χ1n) is 9.60. The summed E-state index contributed by atoms with van der Waals surface area (Å²) in [5.41, 5.74) is 2.39. The fourth-order valence-electron chi connectivity index (χ4n) is 3.27. The molecular weight excluding hydrogens is 368 g/mol. The van der Waals surface area contributed by atoms with Crippen molar-refractivity contribution >= 4 is 17.5 Å². The molecule has 0 saturated heterocycles. The van der Waals surface area contributed by atoms with Gasteiger partial charge in [-0.25, -0.2) is 4.68 Å². The molecule has 0 radical (unpaired) electrons. The molecule has 8 nitrogen and oxygen atoms in total. The van der Waals surface area contributed by atoms with Crippen LogP contribution in [0.25, 0.3) is 11.4 Å². The van der Waals surface area contributed by atoms with Crippen molar-refractivity contribution in [1.29, 1.82) is 0 Å². The third-order valence-corrected chi connectivity index (χ3v) is 4.76. The van der Waals surface area contributed by atoms with E-state index in [0.717, 1.165) is 24.0 Å². The molecule has 1 aliphatic carbocycles. The minimum atomic E-state index is -0.390. The summed E-state index contributed by atoms with van der Waals surface area (Å²) in [6.45, 7) is 1.45. The van der Waals surface area contributed by atoms with Gasteiger partial charge < -0.3 is 10.6 Å². The Hall–Kier alpha value is -3.55. The monoisotopic (exact) mass is 390 g/mol. The Kier molecular flexibility index (Phi) is 5.33. The zero-order valence-electron chi connectivity index (χ0n) is 16.1. The van der Waals surface area contributed by atoms with Crippen LogP contribution in [0.3, 0.4) is 0 Å². The number of carbonyl (C=O) groups excluding carboxylic acids is 2.